The highest BCUT2D eigenvalue weighted by Crippen LogP contribution is 2.40. The van der Waals surface area contributed by atoms with Gasteiger partial charge in [0.05, 0.1) is 6.20 Å². The van der Waals surface area contributed by atoms with Crippen LogP contribution in [0.15, 0.2) is 109 Å². The molecule has 0 spiro atoms. The van der Waals surface area contributed by atoms with Gasteiger partial charge in [-0.25, -0.2) is 4.98 Å². The molecule has 1 heterocycles. The molecule has 3 nitrogen and oxygen atoms in total. The Morgan fingerprint density at radius 3 is 2.00 bits per heavy atom. The van der Waals surface area contributed by atoms with E-state index in [1.165, 1.54) is 10.8 Å². The smallest absolute Gasteiger partial charge is 0.189 e. The first-order valence-electron chi connectivity index (χ1n) is 9.49. The summed E-state index contributed by atoms with van der Waals surface area (Å²) in [5.74, 6) is 0. The molecule has 0 saturated carbocycles. The maximum absolute atomic E-state index is 4.66. The minimum Gasteiger partial charge on any atom is -0.331 e. The van der Waals surface area contributed by atoms with Gasteiger partial charge in [0.25, 0.3) is 0 Å². The zero-order chi connectivity index (χ0) is 19.5. The van der Waals surface area contributed by atoms with Gasteiger partial charge in [0, 0.05) is 22.4 Å². The highest BCUT2D eigenvalue weighted by atomic mass is 32.1. The van der Waals surface area contributed by atoms with E-state index in [-0.39, 0.29) is 0 Å². The van der Waals surface area contributed by atoms with Crippen LogP contribution in [0.2, 0.25) is 0 Å². The van der Waals surface area contributed by atoms with Crippen molar-refractivity contribution >= 4 is 49.3 Å². The number of rotatable bonds is 5. The van der Waals surface area contributed by atoms with E-state index in [0.717, 1.165) is 27.2 Å². The van der Waals surface area contributed by atoms with E-state index in [1.54, 1.807) is 11.3 Å². The molecule has 1 aromatic heterocycles. The third-order valence-electron chi connectivity index (χ3n) is 4.77. The third-order valence-corrected chi connectivity index (χ3v) is 5.67. The van der Waals surface area contributed by atoms with E-state index in [1.807, 2.05) is 18.3 Å². The van der Waals surface area contributed by atoms with Gasteiger partial charge >= 0.3 is 0 Å². The van der Waals surface area contributed by atoms with Crippen molar-refractivity contribution in [3.63, 3.8) is 0 Å². The Hall–Kier alpha value is -3.63. The Kier molecular flexibility index (Phi) is 4.68. The van der Waals surface area contributed by atoms with Crippen molar-refractivity contribution in [3.8, 4) is 0 Å². The van der Waals surface area contributed by atoms with Crippen molar-refractivity contribution < 1.29 is 0 Å². The predicted molar refractivity (Wildman–Crippen MR) is 124 cm³/mol. The van der Waals surface area contributed by atoms with Gasteiger partial charge in [-0.2, -0.15) is 0 Å². The number of para-hydroxylation sites is 2. The molecule has 29 heavy (non-hydrogen) atoms. The molecular weight excluding hydrogens is 374 g/mol. The van der Waals surface area contributed by atoms with E-state index in [4.69, 9.17) is 0 Å². The summed E-state index contributed by atoms with van der Waals surface area (Å²) in [5, 5.41) is 7.84. The Morgan fingerprint density at radius 1 is 0.655 bits per heavy atom. The van der Waals surface area contributed by atoms with Crippen molar-refractivity contribution in [2.75, 3.05) is 10.2 Å². The molecular formula is C25H19N3S. The highest BCUT2D eigenvalue weighted by Gasteiger charge is 2.15. The van der Waals surface area contributed by atoms with E-state index < -0.39 is 0 Å². The second-order valence-electron chi connectivity index (χ2n) is 6.66. The van der Waals surface area contributed by atoms with Gasteiger partial charge in [0.15, 0.2) is 5.13 Å². The van der Waals surface area contributed by atoms with E-state index in [9.17, 15) is 0 Å². The number of fused-ring (bicyclic) bond motifs is 1. The summed E-state index contributed by atoms with van der Waals surface area (Å²) in [6.07, 6.45) is 1.93. The van der Waals surface area contributed by atoms with Crippen LogP contribution in [-0.2, 0) is 0 Å². The number of nitrogens with zero attached hydrogens (tertiary/aromatic N) is 2. The minimum absolute atomic E-state index is 0.869. The van der Waals surface area contributed by atoms with E-state index >= 15 is 0 Å². The molecule has 0 atom stereocenters. The Balaban J connectivity index is 1.52. The van der Waals surface area contributed by atoms with Crippen LogP contribution in [0.3, 0.4) is 0 Å². The summed E-state index contributed by atoms with van der Waals surface area (Å²) in [4.78, 5) is 6.88. The Bertz CT molecular complexity index is 1190. The van der Waals surface area contributed by atoms with Crippen LogP contribution < -0.4 is 10.2 Å². The summed E-state index contributed by atoms with van der Waals surface area (Å²) >= 11 is 1.64. The molecule has 4 heteroatoms. The zero-order valence-corrected chi connectivity index (χ0v) is 16.5. The van der Waals surface area contributed by atoms with Crippen LogP contribution in [0.5, 0.6) is 0 Å². The zero-order valence-electron chi connectivity index (χ0n) is 15.7. The molecule has 0 aliphatic carbocycles. The molecule has 0 amide bonds. The quantitative estimate of drug-likeness (QED) is 0.335. The van der Waals surface area contributed by atoms with Crippen LogP contribution in [0.25, 0.3) is 10.8 Å². The average Bonchev–Trinajstić information content (AvgIpc) is 3.24. The fourth-order valence-corrected chi connectivity index (χ4v) is 4.31. The van der Waals surface area contributed by atoms with Gasteiger partial charge in [-0.1, -0.05) is 84.1 Å². The molecule has 0 aliphatic rings. The van der Waals surface area contributed by atoms with Crippen molar-refractivity contribution in [3.05, 3.63) is 109 Å². The van der Waals surface area contributed by atoms with Gasteiger partial charge in [0.1, 0.15) is 5.00 Å². The highest BCUT2D eigenvalue weighted by molar-refractivity contribution is 7.19. The topological polar surface area (TPSA) is 28.2 Å². The van der Waals surface area contributed by atoms with Gasteiger partial charge in [-0.05, 0) is 35.7 Å². The van der Waals surface area contributed by atoms with Crippen LogP contribution in [0.4, 0.5) is 27.2 Å². The van der Waals surface area contributed by atoms with Crippen LogP contribution in [0.1, 0.15) is 0 Å². The van der Waals surface area contributed by atoms with Crippen molar-refractivity contribution in [2.24, 2.45) is 0 Å². The van der Waals surface area contributed by atoms with Gasteiger partial charge in [-0.3, -0.25) is 0 Å². The van der Waals surface area contributed by atoms with Crippen molar-refractivity contribution in [1.29, 1.82) is 0 Å². The maximum Gasteiger partial charge on any atom is 0.189 e. The molecule has 140 valence electrons. The monoisotopic (exact) mass is 393 g/mol. The fraction of sp³-hybridized carbons (Fsp3) is 0. The van der Waals surface area contributed by atoms with Crippen molar-refractivity contribution in [2.45, 2.75) is 0 Å². The number of nitrogens with one attached hydrogen (secondary N) is 1. The summed E-state index contributed by atoms with van der Waals surface area (Å²) in [5.41, 5.74) is 3.29. The second-order valence-corrected chi connectivity index (χ2v) is 7.67. The molecule has 0 saturated heterocycles. The van der Waals surface area contributed by atoms with Crippen LogP contribution in [0, 0.1) is 0 Å². The summed E-state index contributed by atoms with van der Waals surface area (Å²) in [6, 6.07) is 35.4. The van der Waals surface area contributed by atoms with E-state index in [2.05, 4.69) is 106 Å². The summed E-state index contributed by atoms with van der Waals surface area (Å²) in [7, 11) is 0. The molecule has 0 bridgehead atoms. The first-order chi connectivity index (χ1) is 14.4. The first-order valence-corrected chi connectivity index (χ1v) is 10.3. The molecule has 0 radical (unpaired) electrons. The normalized spacial score (nSPS) is 10.8. The molecule has 1 N–H and O–H groups in total. The number of aromatic nitrogens is 1. The lowest BCUT2D eigenvalue weighted by molar-refractivity contribution is 1.29. The van der Waals surface area contributed by atoms with Crippen LogP contribution in [-0.4, -0.2) is 4.98 Å². The Labute approximate surface area is 173 Å². The van der Waals surface area contributed by atoms with Crippen LogP contribution >= 0.6 is 11.3 Å². The number of benzene rings is 4. The lowest BCUT2D eigenvalue weighted by Crippen LogP contribution is -2.07. The maximum atomic E-state index is 4.66. The Morgan fingerprint density at radius 2 is 1.28 bits per heavy atom. The van der Waals surface area contributed by atoms with Crippen molar-refractivity contribution in [1.82, 2.24) is 4.98 Å². The average molecular weight is 394 g/mol. The largest absolute Gasteiger partial charge is 0.331 e. The third kappa shape index (κ3) is 3.58. The van der Waals surface area contributed by atoms with Gasteiger partial charge in [0.2, 0.25) is 0 Å². The second kappa shape index (κ2) is 7.78. The molecule has 0 fully saturated rings. The standard InChI is InChI=1S/C25H19N3S/c1-3-12-20(13-4-1)28(21-14-5-2-6-15-21)24-18-26-25(29-24)27-23-17-9-11-19-10-7-8-16-22(19)23/h1-18H,(H,26,27). The first kappa shape index (κ1) is 17.5. The number of hydrogen-bond acceptors (Lipinski definition) is 4. The summed E-state index contributed by atoms with van der Waals surface area (Å²) in [6.45, 7) is 0. The fourth-order valence-electron chi connectivity index (χ4n) is 3.43. The van der Waals surface area contributed by atoms with E-state index in [0.29, 0.717) is 0 Å². The molecule has 4 aromatic carbocycles. The SMILES string of the molecule is c1ccc(N(c2ccccc2)c2cnc(Nc3cccc4ccccc34)s2)cc1. The predicted octanol–water partition coefficient (Wildman–Crippen LogP) is 7.51. The number of anilines is 5. The lowest BCUT2D eigenvalue weighted by atomic mass is 10.1. The van der Waals surface area contributed by atoms with Gasteiger partial charge < -0.3 is 10.2 Å². The number of thiazole rings is 1. The summed E-state index contributed by atoms with van der Waals surface area (Å²) < 4.78 is 0. The lowest BCUT2D eigenvalue weighted by Gasteiger charge is -2.22. The molecule has 0 aliphatic heterocycles. The molecule has 0 unspecified atom stereocenters. The number of hydrogen-bond donors (Lipinski definition) is 1. The molecule has 5 aromatic rings. The minimum atomic E-state index is 0.869. The molecule has 5 rings (SSSR count). The van der Waals surface area contributed by atoms with Gasteiger partial charge in [-0.15, -0.1) is 0 Å².